The molecule has 5 aromatic rings. The fraction of sp³-hybridized carbons (Fsp3) is 0.243. The first-order chi connectivity index (χ1) is 23.1. The van der Waals surface area contributed by atoms with Gasteiger partial charge in [-0.25, -0.2) is 18.1 Å². The lowest BCUT2D eigenvalue weighted by atomic mass is 10.0. The largest absolute Gasteiger partial charge is 0.490 e. The number of aromatic nitrogens is 1. The third-order valence-electron chi connectivity index (χ3n) is 7.60. The number of ether oxygens (including phenoxy) is 2. The zero-order chi connectivity index (χ0) is 34.1. The normalized spacial score (nSPS) is 12.1. The molecule has 1 heterocycles. The van der Waals surface area contributed by atoms with Gasteiger partial charge in [0.05, 0.1) is 17.6 Å². The van der Waals surface area contributed by atoms with Gasteiger partial charge in [-0.05, 0) is 91.7 Å². The number of pyridine rings is 1. The number of hydrogen-bond donors (Lipinski definition) is 4. The van der Waals surface area contributed by atoms with Crippen molar-refractivity contribution in [3.05, 3.63) is 120 Å². The number of rotatable bonds is 15. The van der Waals surface area contributed by atoms with Crippen LogP contribution >= 0.6 is 0 Å². The van der Waals surface area contributed by atoms with Crippen LogP contribution in [0.25, 0.3) is 10.8 Å². The number of amides is 1. The Morgan fingerprint density at radius 1 is 0.917 bits per heavy atom. The molecule has 0 saturated carbocycles. The molecule has 48 heavy (non-hydrogen) atoms. The lowest BCUT2D eigenvalue weighted by Crippen LogP contribution is -2.34. The molecule has 0 aliphatic carbocycles. The first kappa shape index (κ1) is 34.2. The van der Waals surface area contributed by atoms with Gasteiger partial charge in [-0.15, -0.1) is 0 Å². The van der Waals surface area contributed by atoms with Crippen molar-refractivity contribution < 1.29 is 22.7 Å². The summed E-state index contributed by atoms with van der Waals surface area (Å²) < 4.78 is 41.2. The zero-order valence-electron chi connectivity index (χ0n) is 27.3. The van der Waals surface area contributed by atoms with Crippen molar-refractivity contribution in [1.82, 2.24) is 15.0 Å². The van der Waals surface area contributed by atoms with Crippen molar-refractivity contribution in [2.45, 2.75) is 50.8 Å². The number of nitrogens with two attached hydrogens (primary N) is 1. The SMILES string of the molecule is CCOc1cc(C(Nc2ccc3c(N)nccc3c2)C(=O)NCc2ccccc2S(=O)(=O)NCCc2ccccc2)ccc1OC(C)C. The quantitative estimate of drug-likeness (QED) is 0.107. The van der Waals surface area contributed by atoms with Gasteiger partial charge in [0.25, 0.3) is 0 Å². The molecule has 0 spiro atoms. The summed E-state index contributed by atoms with van der Waals surface area (Å²) in [4.78, 5) is 18.3. The van der Waals surface area contributed by atoms with E-state index in [0.29, 0.717) is 47.2 Å². The Morgan fingerprint density at radius 2 is 1.69 bits per heavy atom. The van der Waals surface area contributed by atoms with Crippen molar-refractivity contribution in [3.8, 4) is 11.5 Å². The highest BCUT2D eigenvalue weighted by atomic mass is 32.2. The monoisotopic (exact) mass is 667 g/mol. The summed E-state index contributed by atoms with van der Waals surface area (Å²) in [5.41, 5.74) is 8.86. The number of nitrogen functional groups attached to an aromatic ring is 1. The van der Waals surface area contributed by atoms with E-state index in [1.807, 2.05) is 81.4 Å². The fourth-order valence-corrected chi connectivity index (χ4v) is 6.60. The Bertz CT molecular complexity index is 1970. The summed E-state index contributed by atoms with van der Waals surface area (Å²) in [6, 6.07) is 28.3. The maximum Gasteiger partial charge on any atom is 0.247 e. The Hall–Kier alpha value is -5.13. The van der Waals surface area contributed by atoms with E-state index >= 15 is 0 Å². The molecule has 250 valence electrons. The van der Waals surface area contributed by atoms with Crippen LogP contribution in [-0.2, 0) is 27.8 Å². The molecule has 1 unspecified atom stereocenters. The molecule has 1 atom stereocenters. The van der Waals surface area contributed by atoms with Crippen LogP contribution in [0.2, 0.25) is 0 Å². The molecular formula is C37H41N5O5S. The third-order valence-corrected chi connectivity index (χ3v) is 9.16. The summed E-state index contributed by atoms with van der Waals surface area (Å²) in [5.74, 6) is 1.13. The second-order valence-corrected chi connectivity index (χ2v) is 13.2. The summed E-state index contributed by atoms with van der Waals surface area (Å²) in [6.07, 6.45) is 2.11. The number of benzene rings is 4. The lowest BCUT2D eigenvalue weighted by Gasteiger charge is -2.23. The molecule has 0 fully saturated rings. The molecule has 5 rings (SSSR count). The maximum atomic E-state index is 14.0. The van der Waals surface area contributed by atoms with E-state index in [1.54, 1.807) is 42.6 Å². The minimum Gasteiger partial charge on any atom is -0.490 e. The molecule has 5 N–H and O–H groups in total. The average Bonchev–Trinajstić information content (AvgIpc) is 3.07. The van der Waals surface area contributed by atoms with Crippen LogP contribution in [-0.4, -0.2) is 38.6 Å². The van der Waals surface area contributed by atoms with Crippen LogP contribution in [0.15, 0.2) is 108 Å². The van der Waals surface area contributed by atoms with Crippen molar-refractivity contribution in [1.29, 1.82) is 0 Å². The number of nitrogens with zero attached hydrogens (tertiary/aromatic N) is 1. The van der Waals surface area contributed by atoms with E-state index in [4.69, 9.17) is 15.2 Å². The van der Waals surface area contributed by atoms with E-state index in [0.717, 1.165) is 16.3 Å². The number of anilines is 2. The second-order valence-electron chi connectivity index (χ2n) is 11.5. The summed E-state index contributed by atoms with van der Waals surface area (Å²) in [5, 5.41) is 7.98. The molecule has 0 aliphatic heterocycles. The van der Waals surface area contributed by atoms with Crippen molar-refractivity contribution in [2.75, 3.05) is 24.2 Å². The number of nitrogens with one attached hydrogen (secondary N) is 3. The number of carbonyl (C=O) groups is 1. The molecule has 10 nitrogen and oxygen atoms in total. The van der Waals surface area contributed by atoms with Crippen molar-refractivity contribution in [3.63, 3.8) is 0 Å². The van der Waals surface area contributed by atoms with Gasteiger partial charge in [0.15, 0.2) is 11.5 Å². The van der Waals surface area contributed by atoms with E-state index in [2.05, 4.69) is 20.3 Å². The van der Waals surface area contributed by atoms with Crippen molar-refractivity contribution in [2.24, 2.45) is 0 Å². The van der Waals surface area contributed by atoms with Gasteiger partial charge in [-0.1, -0.05) is 54.6 Å². The molecule has 1 aromatic heterocycles. The zero-order valence-corrected chi connectivity index (χ0v) is 28.1. The van der Waals surface area contributed by atoms with Gasteiger partial charge >= 0.3 is 0 Å². The third kappa shape index (κ3) is 8.61. The standard InChI is InChI=1S/C37H41N5O5S/c1-4-46-33-23-28(14-17-32(33)47-25(2)3)35(42-30-15-16-31-27(22-30)19-20-39-36(31)38)37(43)40-24-29-12-8-9-13-34(29)48(44,45)41-21-18-26-10-6-5-7-11-26/h5-17,19-20,22-23,25,35,41-42H,4,18,21,24H2,1-3H3,(H2,38,39)(H,40,43). The summed E-state index contributed by atoms with van der Waals surface area (Å²) in [6.45, 7) is 6.38. The van der Waals surface area contributed by atoms with Gasteiger partial charge in [-0.3, -0.25) is 4.79 Å². The van der Waals surface area contributed by atoms with E-state index in [1.165, 1.54) is 0 Å². The number of carbonyl (C=O) groups excluding carboxylic acids is 1. The van der Waals surface area contributed by atoms with Gasteiger partial charge in [0, 0.05) is 30.4 Å². The molecule has 0 bridgehead atoms. The minimum absolute atomic E-state index is 0.0143. The van der Waals surface area contributed by atoms with E-state index in [-0.39, 0.29) is 30.0 Å². The van der Waals surface area contributed by atoms with Gasteiger partial charge in [-0.2, -0.15) is 0 Å². The Balaban J connectivity index is 1.40. The molecule has 11 heteroatoms. The van der Waals surface area contributed by atoms with Crippen molar-refractivity contribution >= 4 is 38.2 Å². The first-order valence-corrected chi connectivity index (χ1v) is 17.4. The van der Waals surface area contributed by atoms with Crippen LogP contribution in [0.4, 0.5) is 11.5 Å². The molecular weight excluding hydrogens is 627 g/mol. The van der Waals surface area contributed by atoms with Gasteiger partial charge < -0.3 is 25.8 Å². The van der Waals surface area contributed by atoms with Crippen LogP contribution in [0, 0.1) is 0 Å². The lowest BCUT2D eigenvalue weighted by molar-refractivity contribution is -0.122. The molecule has 0 aliphatic rings. The van der Waals surface area contributed by atoms with E-state index < -0.39 is 16.1 Å². The smallest absolute Gasteiger partial charge is 0.247 e. The van der Waals surface area contributed by atoms with Crippen LogP contribution < -0.4 is 30.6 Å². The summed E-state index contributed by atoms with van der Waals surface area (Å²) >= 11 is 0. The molecule has 0 radical (unpaired) electrons. The Morgan fingerprint density at radius 3 is 2.46 bits per heavy atom. The van der Waals surface area contributed by atoms with Gasteiger partial charge in [0.1, 0.15) is 11.9 Å². The van der Waals surface area contributed by atoms with Crippen LogP contribution in [0.1, 0.15) is 43.5 Å². The van der Waals surface area contributed by atoms with E-state index in [9.17, 15) is 13.2 Å². The predicted molar refractivity (Wildman–Crippen MR) is 190 cm³/mol. The Kier molecular flexibility index (Phi) is 11.1. The molecule has 1 amide bonds. The number of fused-ring (bicyclic) bond motifs is 1. The highest BCUT2D eigenvalue weighted by Crippen LogP contribution is 2.33. The molecule has 0 saturated heterocycles. The second kappa shape index (κ2) is 15.6. The summed E-state index contributed by atoms with van der Waals surface area (Å²) in [7, 11) is -3.84. The topological polar surface area (TPSA) is 145 Å². The van der Waals surface area contributed by atoms with Crippen LogP contribution in [0.3, 0.4) is 0 Å². The molecule has 4 aromatic carbocycles. The highest BCUT2D eigenvalue weighted by molar-refractivity contribution is 7.89. The number of sulfonamides is 1. The maximum absolute atomic E-state index is 14.0. The van der Waals surface area contributed by atoms with Gasteiger partial charge in [0.2, 0.25) is 15.9 Å². The Labute approximate surface area is 281 Å². The average molecular weight is 668 g/mol. The minimum atomic E-state index is -3.84. The highest BCUT2D eigenvalue weighted by Gasteiger charge is 2.24. The number of hydrogen-bond acceptors (Lipinski definition) is 8. The predicted octanol–water partition coefficient (Wildman–Crippen LogP) is 5.99. The van der Waals surface area contributed by atoms with Crippen LogP contribution in [0.5, 0.6) is 11.5 Å². The fourth-order valence-electron chi connectivity index (χ4n) is 5.33. The first-order valence-electron chi connectivity index (χ1n) is 15.9.